The number of terminal acetylenes is 1. The van der Waals surface area contributed by atoms with Crippen LogP contribution in [-0.2, 0) is 14.4 Å². The van der Waals surface area contributed by atoms with Crippen LogP contribution in [0.25, 0.3) is 0 Å². The predicted octanol–water partition coefficient (Wildman–Crippen LogP) is 5.63. The first-order valence-corrected chi connectivity index (χ1v) is 17.4. The minimum Gasteiger partial charge on any atom is -0.342 e. The zero-order chi connectivity index (χ0) is 28.9. The van der Waals surface area contributed by atoms with E-state index in [0.29, 0.717) is 34.6 Å². The average Bonchev–Trinajstić information content (AvgIpc) is 3.30. The highest BCUT2D eigenvalue weighted by Crippen LogP contribution is 2.67. The first kappa shape index (κ1) is 29.1. The Bertz CT molecular complexity index is 1160. The van der Waals surface area contributed by atoms with Gasteiger partial charge in [-0.3, -0.25) is 19.3 Å². The summed E-state index contributed by atoms with van der Waals surface area (Å²) >= 11 is 1.60. The van der Waals surface area contributed by atoms with Gasteiger partial charge in [-0.1, -0.05) is 32.6 Å². The SMILES string of the molecule is C#CCNC(=O)C1=C(C)CSC2C(NC(=O)CCCC3CCC4C5CCC6CCCC[C@@]6(C)C5CCC34C)C(=O)N12. The van der Waals surface area contributed by atoms with Gasteiger partial charge in [0.05, 0.1) is 6.54 Å². The van der Waals surface area contributed by atoms with Gasteiger partial charge >= 0.3 is 0 Å². The van der Waals surface area contributed by atoms with Crippen molar-refractivity contribution in [2.24, 2.45) is 40.4 Å². The standard InChI is InChI=1S/C34H49N3O3S/c1-5-19-35-30(39)29-21(2)20-41-32-28(31(40)37(29)32)36-27(38)11-8-10-23-13-15-25-24-14-12-22-9-6-7-17-33(22,3)26(24)16-18-34(23,25)4/h1,22-26,28,32H,6-20H2,2-4H3,(H,35,39)(H,36,38)/t22?,23?,24?,25?,26?,28?,32?,33-,34?/m1/s1. The Morgan fingerprint density at radius 1 is 1.05 bits per heavy atom. The molecule has 6 aliphatic rings. The second-order valence-corrected chi connectivity index (χ2v) is 15.7. The van der Waals surface area contributed by atoms with Crippen molar-refractivity contribution >= 4 is 29.5 Å². The van der Waals surface area contributed by atoms with Gasteiger partial charge in [0.25, 0.3) is 11.8 Å². The second kappa shape index (κ2) is 11.3. The van der Waals surface area contributed by atoms with Gasteiger partial charge in [0.1, 0.15) is 17.1 Å². The van der Waals surface area contributed by atoms with E-state index in [1.165, 1.54) is 69.1 Å². The Kier molecular flexibility index (Phi) is 8.02. The summed E-state index contributed by atoms with van der Waals surface area (Å²) in [6, 6.07) is -0.559. The molecule has 2 aliphatic heterocycles. The molecule has 0 aromatic heterocycles. The molecule has 0 aromatic rings. The molecule has 3 amide bonds. The lowest BCUT2D eigenvalue weighted by Gasteiger charge is -2.60. The van der Waals surface area contributed by atoms with E-state index in [1.807, 2.05) is 6.92 Å². The number of thioether (sulfide) groups is 1. The molecule has 2 heterocycles. The molecule has 0 bridgehead atoms. The van der Waals surface area contributed by atoms with E-state index in [4.69, 9.17) is 6.42 Å². The van der Waals surface area contributed by atoms with Crippen molar-refractivity contribution in [1.82, 2.24) is 15.5 Å². The number of carbonyl (C=O) groups is 3. The smallest absolute Gasteiger partial charge is 0.268 e. The lowest BCUT2D eigenvalue weighted by atomic mass is 9.45. The van der Waals surface area contributed by atoms with Gasteiger partial charge in [0, 0.05) is 12.2 Å². The van der Waals surface area contributed by atoms with Crippen molar-refractivity contribution < 1.29 is 14.4 Å². The first-order chi connectivity index (χ1) is 19.7. The highest BCUT2D eigenvalue weighted by atomic mass is 32.2. The second-order valence-electron chi connectivity index (χ2n) is 14.6. The fraction of sp³-hybridized carbons (Fsp3) is 0.794. The van der Waals surface area contributed by atoms with Crippen LogP contribution in [0.2, 0.25) is 0 Å². The van der Waals surface area contributed by atoms with Crippen LogP contribution < -0.4 is 10.6 Å². The van der Waals surface area contributed by atoms with E-state index in [1.54, 1.807) is 11.8 Å². The lowest BCUT2D eigenvalue weighted by Crippen LogP contribution is -2.70. The number of amides is 3. The fourth-order valence-electron chi connectivity index (χ4n) is 10.6. The molecular weight excluding hydrogens is 530 g/mol. The maximum Gasteiger partial charge on any atom is 0.268 e. The Hall–Kier alpha value is -1.94. The minimum atomic E-state index is -0.559. The summed E-state index contributed by atoms with van der Waals surface area (Å²) in [6.07, 6.45) is 21.9. The molecule has 0 aromatic carbocycles. The Morgan fingerprint density at radius 2 is 1.85 bits per heavy atom. The molecule has 2 N–H and O–H groups in total. The fourth-order valence-corrected chi connectivity index (χ4v) is 11.9. The molecule has 41 heavy (non-hydrogen) atoms. The van der Waals surface area contributed by atoms with Crippen LogP contribution in [0.5, 0.6) is 0 Å². The molecule has 7 heteroatoms. The molecule has 4 saturated carbocycles. The van der Waals surface area contributed by atoms with Crippen LogP contribution in [0.1, 0.15) is 104 Å². The summed E-state index contributed by atoms with van der Waals surface area (Å²) in [4.78, 5) is 40.2. The van der Waals surface area contributed by atoms with E-state index >= 15 is 0 Å². The van der Waals surface area contributed by atoms with Crippen molar-refractivity contribution in [3.63, 3.8) is 0 Å². The Morgan fingerprint density at radius 3 is 2.66 bits per heavy atom. The van der Waals surface area contributed by atoms with Gasteiger partial charge in [-0.15, -0.1) is 18.2 Å². The molecule has 4 aliphatic carbocycles. The van der Waals surface area contributed by atoms with Crippen molar-refractivity contribution in [2.45, 2.75) is 116 Å². The summed E-state index contributed by atoms with van der Waals surface area (Å²) in [7, 11) is 0. The Labute approximate surface area is 251 Å². The van der Waals surface area contributed by atoms with Crippen molar-refractivity contribution in [3.8, 4) is 12.3 Å². The van der Waals surface area contributed by atoms with Gasteiger partial charge < -0.3 is 10.6 Å². The van der Waals surface area contributed by atoms with E-state index in [9.17, 15) is 14.4 Å². The number of hydrogen-bond donors (Lipinski definition) is 2. The van der Waals surface area contributed by atoms with E-state index in [0.717, 1.165) is 42.1 Å². The van der Waals surface area contributed by atoms with Gasteiger partial charge in [-0.25, -0.2) is 0 Å². The molecule has 6 rings (SSSR count). The quantitative estimate of drug-likeness (QED) is 0.303. The molecular formula is C34H49N3O3S. The van der Waals surface area contributed by atoms with Crippen molar-refractivity contribution in [3.05, 3.63) is 11.3 Å². The topological polar surface area (TPSA) is 78.5 Å². The summed E-state index contributed by atoms with van der Waals surface area (Å²) < 4.78 is 0. The number of nitrogens with zero attached hydrogens (tertiary/aromatic N) is 1. The number of fused-ring (bicyclic) bond motifs is 6. The number of carbonyl (C=O) groups excluding carboxylic acids is 3. The third-order valence-electron chi connectivity index (χ3n) is 12.8. The van der Waals surface area contributed by atoms with E-state index in [-0.39, 0.29) is 29.6 Å². The first-order valence-electron chi connectivity index (χ1n) is 16.3. The van der Waals surface area contributed by atoms with E-state index in [2.05, 4.69) is 30.4 Å². The summed E-state index contributed by atoms with van der Waals surface area (Å²) in [5.74, 6) is 6.89. The molecule has 5 fully saturated rings. The summed E-state index contributed by atoms with van der Waals surface area (Å²) in [5, 5.41) is 5.45. The van der Waals surface area contributed by atoms with Crippen LogP contribution in [-0.4, -0.2) is 46.3 Å². The van der Waals surface area contributed by atoms with Crippen LogP contribution in [0.4, 0.5) is 0 Å². The van der Waals surface area contributed by atoms with Crippen LogP contribution in [0.3, 0.4) is 0 Å². The zero-order valence-corrected chi connectivity index (χ0v) is 26.1. The number of nitrogens with one attached hydrogen (secondary N) is 2. The number of β-lactam (4-membered cyclic amide) rings is 1. The van der Waals surface area contributed by atoms with Crippen molar-refractivity contribution in [1.29, 1.82) is 0 Å². The third-order valence-corrected chi connectivity index (χ3v) is 14.2. The summed E-state index contributed by atoms with van der Waals surface area (Å²) in [5.41, 5.74) is 2.27. The largest absolute Gasteiger partial charge is 0.342 e. The van der Waals surface area contributed by atoms with Crippen molar-refractivity contribution in [2.75, 3.05) is 12.3 Å². The molecule has 1 saturated heterocycles. The molecule has 6 nitrogen and oxygen atoms in total. The average molecular weight is 580 g/mol. The third kappa shape index (κ3) is 4.85. The van der Waals surface area contributed by atoms with Crippen LogP contribution in [0.15, 0.2) is 11.3 Å². The van der Waals surface area contributed by atoms with Gasteiger partial charge in [-0.2, -0.15) is 0 Å². The highest BCUT2D eigenvalue weighted by Gasteiger charge is 2.59. The maximum absolute atomic E-state index is 13.0. The maximum atomic E-state index is 13.0. The van der Waals surface area contributed by atoms with Crippen LogP contribution in [0, 0.1) is 52.8 Å². The van der Waals surface area contributed by atoms with Gasteiger partial charge in [0.15, 0.2) is 0 Å². The Balaban J connectivity index is 1.00. The number of rotatable bonds is 7. The van der Waals surface area contributed by atoms with E-state index < -0.39 is 6.04 Å². The normalized spacial score (nSPS) is 41.3. The summed E-state index contributed by atoms with van der Waals surface area (Å²) in [6.45, 7) is 7.24. The number of hydrogen-bond acceptors (Lipinski definition) is 4. The van der Waals surface area contributed by atoms with Crippen LogP contribution >= 0.6 is 11.8 Å². The highest BCUT2D eigenvalue weighted by molar-refractivity contribution is 8.00. The molecule has 224 valence electrons. The monoisotopic (exact) mass is 579 g/mol. The molecule has 0 spiro atoms. The molecule has 0 radical (unpaired) electrons. The van der Waals surface area contributed by atoms with Gasteiger partial charge in [0.2, 0.25) is 5.91 Å². The minimum absolute atomic E-state index is 0.0415. The van der Waals surface area contributed by atoms with Gasteiger partial charge in [-0.05, 0) is 117 Å². The lowest BCUT2D eigenvalue weighted by molar-refractivity contribution is -0.147. The molecule has 9 atom stereocenters. The zero-order valence-electron chi connectivity index (χ0n) is 25.3. The predicted molar refractivity (Wildman–Crippen MR) is 163 cm³/mol. The molecule has 8 unspecified atom stereocenters.